The largest absolute Gasteiger partial charge is 0.354 e. The number of amides is 1. The van der Waals surface area contributed by atoms with Crippen LogP contribution in [0.15, 0.2) is 0 Å². The molecule has 0 spiro atoms. The van der Waals surface area contributed by atoms with E-state index in [0.29, 0.717) is 11.5 Å². The third kappa shape index (κ3) is 4.64. The van der Waals surface area contributed by atoms with Crippen LogP contribution in [0.2, 0.25) is 0 Å². The molecule has 2 N–H and O–H groups in total. The third-order valence-corrected chi connectivity index (χ3v) is 4.79. The van der Waals surface area contributed by atoms with Crippen LogP contribution in [-0.4, -0.2) is 25.0 Å². The molecule has 4 heteroatoms. The van der Waals surface area contributed by atoms with Crippen molar-refractivity contribution in [2.24, 2.45) is 11.3 Å². The minimum Gasteiger partial charge on any atom is -0.354 e. The standard InChI is InChI=1S/C15H28N2O.ClH/c1-15(2)9-6-10-16-13(15)11-17-14(18)12-7-4-3-5-8-12;/h12-13,16H,3-11H2,1-2H3,(H,17,18);1H. The number of piperidine rings is 1. The van der Waals surface area contributed by atoms with E-state index in [1.807, 2.05) is 0 Å². The van der Waals surface area contributed by atoms with E-state index >= 15 is 0 Å². The van der Waals surface area contributed by atoms with Crippen molar-refractivity contribution >= 4 is 18.3 Å². The quantitative estimate of drug-likeness (QED) is 0.838. The van der Waals surface area contributed by atoms with Gasteiger partial charge in [0.15, 0.2) is 0 Å². The first-order chi connectivity index (χ1) is 8.59. The van der Waals surface area contributed by atoms with Crippen LogP contribution in [0.4, 0.5) is 0 Å². The van der Waals surface area contributed by atoms with Crippen molar-refractivity contribution in [1.82, 2.24) is 10.6 Å². The Kier molecular flexibility index (Phi) is 6.61. The van der Waals surface area contributed by atoms with Gasteiger partial charge in [-0.3, -0.25) is 4.79 Å². The molecule has 0 aromatic heterocycles. The van der Waals surface area contributed by atoms with Crippen molar-refractivity contribution in [2.45, 2.75) is 64.8 Å². The highest BCUT2D eigenvalue weighted by molar-refractivity contribution is 5.85. The Morgan fingerprint density at radius 1 is 1.21 bits per heavy atom. The number of nitrogens with one attached hydrogen (secondary N) is 2. The van der Waals surface area contributed by atoms with Crippen LogP contribution in [0, 0.1) is 11.3 Å². The SMILES string of the molecule is CC1(C)CCCNC1CNC(=O)C1CCCCC1.Cl. The molecule has 1 amide bonds. The van der Waals surface area contributed by atoms with E-state index in [0.717, 1.165) is 25.9 Å². The molecule has 2 aliphatic rings. The molecule has 0 radical (unpaired) electrons. The predicted molar refractivity (Wildman–Crippen MR) is 81.6 cm³/mol. The van der Waals surface area contributed by atoms with Gasteiger partial charge in [0.2, 0.25) is 5.91 Å². The van der Waals surface area contributed by atoms with Gasteiger partial charge in [-0.1, -0.05) is 33.1 Å². The molecule has 1 aliphatic carbocycles. The predicted octanol–water partition coefficient (Wildman–Crippen LogP) is 2.88. The second kappa shape index (κ2) is 7.49. The number of carbonyl (C=O) groups is 1. The molecule has 3 nitrogen and oxygen atoms in total. The fourth-order valence-corrected chi connectivity index (χ4v) is 3.33. The van der Waals surface area contributed by atoms with Gasteiger partial charge in [0.05, 0.1) is 0 Å². The highest BCUT2D eigenvalue weighted by Crippen LogP contribution is 2.30. The molecule has 1 atom stereocenters. The third-order valence-electron chi connectivity index (χ3n) is 4.79. The first-order valence-electron chi connectivity index (χ1n) is 7.61. The molecule has 1 saturated heterocycles. The van der Waals surface area contributed by atoms with E-state index in [1.165, 1.54) is 32.1 Å². The zero-order valence-electron chi connectivity index (χ0n) is 12.3. The topological polar surface area (TPSA) is 41.1 Å². The van der Waals surface area contributed by atoms with Crippen molar-refractivity contribution in [3.05, 3.63) is 0 Å². The summed E-state index contributed by atoms with van der Waals surface area (Å²) in [6, 6.07) is 0.429. The smallest absolute Gasteiger partial charge is 0.223 e. The number of hydrogen-bond donors (Lipinski definition) is 2. The Labute approximate surface area is 123 Å². The van der Waals surface area contributed by atoms with Gasteiger partial charge in [-0.05, 0) is 37.6 Å². The van der Waals surface area contributed by atoms with E-state index in [9.17, 15) is 4.79 Å². The van der Waals surface area contributed by atoms with Gasteiger partial charge in [0.1, 0.15) is 0 Å². The van der Waals surface area contributed by atoms with E-state index in [-0.39, 0.29) is 24.2 Å². The van der Waals surface area contributed by atoms with Gasteiger partial charge in [0.25, 0.3) is 0 Å². The summed E-state index contributed by atoms with van der Waals surface area (Å²) in [4.78, 5) is 12.1. The fourth-order valence-electron chi connectivity index (χ4n) is 3.33. The van der Waals surface area contributed by atoms with Crippen molar-refractivity contribution in [2.75, 3.05) is 13.1 Å². The molecule has 0 aromatic carbocycles. The van der Waals surface area contributed by atoms with Crippen molar-refractivity contribution in [3.63, 3.8) is 0 Å². The number of halogens is 1. The Morgan fingerprint density at radius 3 is 2.53 bits per heavy atom. The van der Waals surface area contributed by atoms with Gasteiger partial charge in [-0.2, -0.15) is 0 Å². The van der Waals surface area contributed by atoms with Crippen LogP contribution in [0.1, 0.15) is 58.8 Å². The molecule has 19 heavy (non-hydrogen) atoms. The van der Waals surface area contributed by atoms with Gasteiger partial charge >= 0.3 is 0 Å². The lowest BCUT2D eigenvalue weighted by Gasteiger charge is -2.39. The average Bonchev–Trinajstić information content (AvgIpc) is 2.38. The fraction of sp³-hybridized carbons (Fsp3) is 0.933. The Bertz CT molecular complexity index is 288. The van der Waals surface area contributed by atoms with E-state index in [2.05, 4.69) is 24.5 Å². The van der Waals surface area contributed by atoms with Crippen LogP contribution in [0.25, 0.3) is 0 Å². The summed E-state index contributed by atoms with van der Waals surface area (Å²) in [7, 11) is 0. The van der Waals surface area contributed by atoms with Gasteiger partial charge in [-0.15, -0.1) is 12.4 Å². The first-order valence-corrected chi connectivity index (χ1v) is 7.61. The van der Waals surface area contributed by atoms with E-state index < -0.39 is 0 Å². The Balaban J connectivity index is 0.00000180. The molecule has 2 rings (SSSR count). The summed E-state index contributed by atoms with van der Waals surface area (Å²) in [6.45, 7) is 6.49. The maximum absolute atomic E-state index is 12.1. The van der Waals surface area contributed by atoms with Crippen molar-refractivity contribution in [3.8, 4) is 0 Å². The minimum absolute atomic E-state index is 0. The summed E-state index contributed by atoms with van der Waals surface area (Å²) in [5.41, 5.74) is 0.304. The molecule has 2 fully saturated rings. The van der Waals surface area contributed by atoms with E-state index in [4.69, 9.17) is 0 Å². The summed E-state index contributed by atoms with van der Waals surface area (Å²) < 4.78 is 0. The molecule has 1 heterocycles. The zero-order valence-corrected chi connectivity index (χ0v) is 13.2. The minimum atomic E-state index is 0. The number of rotatable bonds is 3. The van der Waals surface area contributed by atoms with Gasteiger partial charge < -0.3 is 10.6 Å². The molecule has 1 unspecified atom stereocenters. The van der Waals surface area contributed by atoms with Crippen LogP contribution in [0.3, 0.4) is 0 Å². The van der Waals surface area contributed by atoms with Gasteiger partial charge in [0, 0.05) is 18.5 Å². The monoisotopic (exact) mass is 288 g/mol. The van der Waals surface area contributed by atoms with Crippen LogP contribution in [0.5, 0.6) is 0 Å². The van der Waals surface area contributed by atoms with Crippen LogP contribution >= 0.6 is 12.4 Å². The molecular weight excluding hydrogens is 260 g/mol. The maximum atomic E-state index is 12.1. The average molecular weight is 289 g/mol. The van der Waals surface area contributed by atoms with Gasteiger partial charge in [-0.25, -0.2) is 0 Å². The maximum Gasteiger partial charge on any atom is 0.223 e. The normalized spacial score (nSPS) is 27.4. The highest BCUT2D eigenvalue weighted by atomic mass is 35.5. The summed E-state index contributed by atoms with van der Waals surface area (Å²) in [5, 5.41) is 6.73. The summed E-state index contributed by atoms with van der Waals surface area (Å²) >= 11 is 0. The van der Waals surface area contributed by atoms with Crippen molar-refractivity contribution < 1.29 is 4.79 Å². The number of hydrogen-bond acceptors (Lipinski definition) is 2. The second-order valence-corrected chi connectivity index (χ2v) is 6.68. The Hall–Kier alpha value is -0.280. The first kappa shape index (κ1) is 16.8. The second-order valence-electron chi connectivity index (χ2n) is 6.68. The molecule has 0 bridgehead atoms. The van der Waals surface area contributed by atoms with E-state index in [1.54, 1.807) is 0 Å². The lowest BCUT2D eigenvalue weighted by atomic mass is 9.77. The summed E-state index contributed by atoms with van der Waals surface area (Å²) in [5.74, 6) is 0.573. The highest BCUT2D eigenvalue weighted by Gasteiger charge is 2.32. The molecule has 0 aromatic rings. The lowest BCUT2D eigenvalue weighted by Crippen LogP contribution is -2.53. The molecule has 1 saturated carbocycles. The van der Waals surface area contributed by atoms with Crippen molar-refractivity contribution in [1.29, 1.82) is 0 Å². The Morgan fingerprint density at radius 2 is 1.89 bits per heavy atom. The zero-order chi connectivity index (χ0) is 13.0. The molecule has 1 aliphatic heterocycles. The van der Waals surface area contributed by atoms with Crippen LogP contribution < -0.4 is 10.6 Å². The van der Waals surface area contributed by atoms with Crippen LogP contribution in [-0.2, 0) is 4.79 Å². The molecular formula is C15H29ClN2O. The number of carbonyl (C=O) groups excluding carboxylic acids is 1. The lowest BCUT2D eigenvalue weighted by molar-refractivity contribution is -0.126. The summed E-state index contributed by atoms with van der Waals surface area (Å²) in [6.07, 6.45) is 8.45. The molecule has 112 valence electrons.